The fraction of sp³-hybridized carbons (Fsp3) is 0. The summed E-state index contributed by atoms with van der Waals surface area (Å²) in [6, 6.07) is 71.6. The Kier molecular flexibility index (Phi) is 8.44. The smallest absolute Gasteiger partial charge is 0.196 e. The zero-order valence-electron chi connectivity index (χ0n) is 33.7. The molecule has 63 heavy (non-hydrogen) atoms. The molecule has 0 atom stereocenters. The van der Waals surface area contributed by atoms with Crippen LogP contribution in [0.1, 0.15) is 0 Å². The molecule has 0 spiro atoms. The van der Waals surface area contributed by atoms with Crippen LogP contribution in [0.2, 0.25) is 0 Å². The number of hydrogen-bond donors (Lipinski definition) is 0. The molecule has 0 aliphatic rings. The highest BCUT2D eigenvalue weighted by Crippen LogP contribution is 2.46. The summed E-state index contributed by atoms with van der Waals surface area (Å²) in [7, 11) is 0. The third kappa shape index (κ3) is 5.88. The monoisotopic (exact) mass is 816 g/mol. The zero-order valence-corrected chi connectivity index (χ0v) is 33.7. The molecule has 1 heterocycles. The van der Waals surface area contributed by atoms with E-state index in [0.717, 1.165) is 55.6 Å². The highest BCUT2D eigenvalue weighted by molar-refractivity contribution is 6.34. The van der Waals surface area contributed by atoms with Crippen LogP contribution in [0.4, 0.5) is 30.2 Å². The fourth-order valence-corrected chi connectivity index (χ4v) is 9.63. The van der Waals surface area contributed by atoms with Gasteiger partial charge in [-0.1, -0.05) is 152 Å². The van der Waals surface area contributed by atoms with Gasteiger partial charge in [-0.05, 0) is 126 Å². The summed E-state index contributed by atoms with van der Waals surface area (Å²) in [4.78, 5) is 1.61. The van der Waals surface area contributed by atoms with Crippen molar-refractivity contribution in [2.24, 2.45) is 0 Å². The third-order valence-corrected chi connectivity index (χ3v) is 12.6. The first kappa shape index (κ1) is 36.7. The van der Waals surface area contributed by atoms with Gasteiger partial charge in [-0.3, -0.25) is 0 Å². The Balaban J connectivity index is 1.04. The lowest BCUT2D eigenvalue weighted by Gasteiger charge is -2.26. The maximum Gasteiger partial charge on any atom is 0.196 e. The molecule has 2 nitrogen and oxygen atoms in total. The van der Waals surface area contributed by atoms with Crippen LogP contribution in [0.15, 0.2) is 212 Å². The number of aromatic nitrogens is 1. The van der Waals surface area contributed by atoms with Gasteiger partial charge in [0.05, 0.1) is 16.7 Å². The molecule has 12 rings (SSSR count). The van der Waals surface area contributed by atoms with Gasteiger partial charge in [-0.25, -0.2) is 13.2 Å². The van der Waals surface area contributed by atoms with Gasteiger partial charge in [0.25, 0.3) is 0 Å². The van der Waals surface area contributed by atoms with E-state index < -0.39 is 17.5 Å². The Hall–Kier alpha value is -8.15. The van der Waals surface area contributed by atoms with Crippen LogP contribution < -0.4 is 4.90 Å². The molecular weight excluding hydrogens is 782 g/mol. The van der Waals surface area contributed by atoms with Gasteiger partial charge in [0, 0.05) is 27.8 Å². The van der Waals surface area contributed by atoms with Crippen molar-refractivity contribution in [3.05, 3.63) is 230 Å². The van der Waals surface area contributed by atoms with Crippen molar-refractivity contribution < 1.29 is 13.2 Å². The second kappa shape index (κ2) is 14.5. The predicted octanol–water partition coefficient (Wildman–Crippen LogP) is 16.6. The number of nitrogens with zero attached hydrogens (tertiary/aromatic N) is 2. The highest BCUT2D eigenvalue weighted by Gasteiger charge is 2.23. The number of benzene rings is 11. The van der Waals surface area contributed by atoms with Crippen molar-refractivity contribution in [3.63, 3.8) is 0 Å². The predicted molar refractivity (Wildman–Crippen MR) is 255 cm³/mol. The van der Waals surface area contributed by atoms with E-state index in [1.807, 2.05) is 60.7 Å². The normalized spacial score (nSPS) is 11.7. The Morgan fingerprint density at radius 1 is 0.349 bits per heavy atom. The van der Waals surface area contributed by atoms with Crippen LogP contribution in [0.3, 0.4) is 0 Å². The molecule has 0 saturated heterocycles. The zero-order chi connectivity index (χ0) is 42.2. The summed E-state index contributed by atoms with van der Waals surface area (Å²) in [5, 5.41) is 9.42. The number of halogens is 3. The van der Waals surface area contributed by atoms with Gasteiger partial charge < -0.3 is 9.47 Å². The van der Waals surface area contributed by atoms with Gasteiger partial charge in [-0.2, -0.15) is 0 Å². The van der Waals surface area contributed by atoms with Crippen molar-refractivity contribution >= 4 is 71.2 Å². The lowest BCUT2D eigenvalue weighted by molar-refractivity contribution is 0.448. The molecule has 0 saturated carbocycles. The summed E-state index contributed by atoms with van der Waals surface area (Å²) in [6.45, 7) is 0. The van der Waals surface area contributed by atoms with Crippen LogP contribution in [-0.2, 0) is 0 Å². The van der Waals surface area contributed by atoms with Crippen LogP contribution >= 0.6 is 0 Å². The minimum Gasteiger partial charge on any atom is -0.309 e. The minimum atomic E-state index is -1.50. The molecule has 0 bridgehead atoms. The van der Waals surface area contributed by atoms with E-state index in [-0.39, 0.29) is 5.69 Å². The molecule has 5 heteroatoms. The van der Waals surface area contributed by atoms with Gasteiger partial charge >= 0.3 is 0 Å². The molecule has 0 unspecified atom stereocenters. The van der Waals surface area contributed by atoms with E-state index in [0.29, 0.717) is 11.4 Å². The molecule has 12 aromatic rings. The van der Waals surface area contributed by atoms with Crippen molar-refractivity contribution in [1.29, 1.82) is 0 Å². The van der Waals surface area contributed by atoms with Crippen molar-refractivity contribution in [1.82, 2.24) is 4.57 Å². The Morgan fingerprint density at radius 2 is 0.905 bits per heavy atom. The average Bonchev–Trinajstić information content (AvgIpc) is 3.67. The van der Waals surface area contributed by atoms with Crippen molar-refractivity contribution in [2.45, 2.75) is 0 Å². The standard InChI is InChI=1S/C58H35F3N2/c59-50-32-33-51(58(61)57(50)60)62(43-14-8-3-9-15-43)44-26-18-39(19-27-44)46-28-20-40-21-31-49-55-42(23-29-47(46)54(40)55)35-53-56(49)48-30-22-41(37-12-6-2-7-13-37)34-52(48)63(53)45-24-16-38(17-25-45)36-10-4-1-5-11-36/h1-35H. The first-order valence-corrected chi connectivity index (χ1v) is 21.0. The van der Waals surface area contributed by atoms with Crippen LogP contribution in [-0.4, -0.2) is 4.57 Å². The van der Waals surface area contributed by atoms with Crippen molar-refractivity contribution in [2.75, 3.05) is 4.90 Å². The molecular formula is C58H35F3N2. The number of anilines is 3. The number of rotatable bonds is 7. The number of para-hydroxylation sites is 1. The highest BCUT2D eigenvalue weighted by atomic mass is 19.2. The molecule has 1 aromatic heterocycles. The van der Waals surface area contributed by atoms with Gasteiger partial charge in [-0.15, -0.1) is 0 Å². The minimum absolute atomic E-state index is 0.0799. The maximum absolute atomic E-state index is 15.4. The first-order valence-electron chi connectivity index (χ1n) is 21.0. The molecule has 298 valence electrons. The SMILES string of the molecule is Fc1ccc(N(c2ccccc2)c2ccc(-c3ccc4ccc5c6c(ccc3c46)cc3c5c4ccc(-c5ccccc5)cc4n3-c3ccc(-c4ccccc4)cc3)cc2)c(F)c1F. The third-order valence-electron chi connectivity index (χ3n) is 12.6. The van der Waals surface area contributed by atoms with E-state index in [2.05, 4.69) is 144 Å². The number of fused-ring (bicyclic) bond motifs is 4. The quantitative estimate of drug-likeness (QED) is 0.115. The summed E-state index contributed by atoms with van der Waals surface area (Å²) >= 11 is 0. The van der Waals surface area contributed by atoms with E-state index >= 15 is 4.39 Å². The summed E-state index contributed by atoms with van der Waals surface area (Å²) in [5.41, 5.74) is 11.2. The Labute approximate surface area is 361 Å². The van der Waals surface area contributed by atoms with Crippen LogP contribution in [0.25, 0.3) is 93.2 Å². The summed E-state index contributed by atoms with van der Waals surface area (Å²) < 4.78 is 46.5. The van der Waals surface area contributed by atoms with Gasteiger partial charge in [0.15, 0.2) is 17.5 Å². The lowest BCUT2D eigenvalue weighted by Crippen LogP contribution is -2.13. The van der Waals surface area contributed by atoms with Gasteiger partial charge in [0.2, 0.25) is 0 Å². The van der Waals surface area contributed by atoms with E-state index in [1.54, 1.807) is 4.90 Å². The topological polar surface area (TPSA) is 8.17 Å². The average molecular weight is 817 g/mol. The second-order valence-electron chi connectivity index (χ2n) is 16.1. The summed E-state index contributed by atoms with van der Waals surface area (Å²) in [5.74, 6) is -3.98. The fourth-order valence-electron chi connectivity index (χ4n) is 9.63. The molecule has 0 N–H and O–H groups in total. The molecule has 0 radical (unpaired) electrons. The lowest BCUT2D eigenvalue weighted by atomic mass is 9.88. The van der Waals surface area contributed by atoms with E-state index in [1.165, 1.54) is 49.7 Å². The van der Waals surface area contributed by atoms with E-state index in [9.17, 15) is 8.78 Å². The largest absolute Gasteiger partial charge is 0.309 e. The molecule has 11 aromatic carbocycles. The van der Waals surface area contributed by atoms with Crippen LogP contribution in [0.5, 0.6) is 0 Å². The second-order valence-corrected chi connectivity index (χ2v) is 16.1. The van der Waals surface area contributed by atoms with Crippen LogP contribution in [0, 0.1) is 17.5 Å². The first-order chi connectivity index (χ1) is 31.0. The molecule has 0 fully saturated rings. The van der Waals surface area contributed by atoms with E-state index in [4.69, 9.17) is 0 Å². The Morgan fingerprint density at radius 3 is 1.63 bits per heavy atom. The molecule has 0 amide bonds. The van der Waals surface area contributed by atoms with Crippen molar-refractivity contribution in [3.8, 4) is 39.1 Å². The molecule has 0 aliphatic heterocycles. The maximum atomic E-state index is 15.4. The Bertz CT molecular complexity index is 3680. The summed E-state index contributed by atoms with van der Waals surface area (Å²) in [6.07, 6.45) is 0. The molecule has 0 aliphatic carbocycles. The number of hydrogen-bond acceptors (Lipinski definition) is 1. The van der Waals surface area contributed by atoms with Gasteiger partial charge in [0.1, 0.15) is 0 Å².